The highest BCUT2D eigenvalue weighted by molar-refractivity contribution is 5.97. The van der Waals surface area contributed by atoms with Crippen molar-refractivity contribution in [1.82, 2.24) is 9.78 Å². The summed E-state index contributed by atoms with van der Waals surface area (Å²) in [5, 5.41) is 4.56. The molecular formula is C22H22N2O4. The molecule has 1 heterocycles. The van der Waals surface area contributed by atoms with Gasteiger partial charge in [0, 0.05) is 11.8 Å². The SMILES string of the molecule is CC(C)(C)OC(=O)COC(=O)c1cn(-c2ccccc2)nc1-c1ccccc1. The fraction of sp³-hybridized carbons (Fsp3) is 0.227. The summed E-state index contributed by atoms with van der Waals surface area (Å²) in [6, 6.07) is 18.8. The van der Waals surface area contributed by atoms with Gasteiger partial charge in [-0.2, -0.15) is 5.10 Å². The molecule has 28 heavy (non-hydrogen) atoms. The van der Waals surface area contributed by atoms with Gasteiger partial charge in [-0.15, -0.1) is 0 Å². The third-order valence-electron chi connectivity index (χ3n) is 3.74. The van der Waals surface area contributed by atoms with E-state index in [9.17, 15) is 9.59 Å². The second-order valence-electron chi connectivity index (χ2n) is 7.20. The minimum absolute atomic E-state index is 0.276. The zero-order valence-electron chi connectivity index (χ0n) is 16.1. The lowest BCUT2D eigenvalue weighted by Gasteiger charge is -2.19. The summed E-state index contributed by atoms with van der Waals surface area (Å²) in [7, 11) is 0. The van der Waals surface area contributed by atoms with Crippen LogP contribution in [-0.4, -0.2) is 33.9 Å². The Morgan fingerprint density at radius 3 is 2.18 bits per heavy atom. The van der Waals surface area contributed by atoms with Crippen LogP contribution in [0.2, 0.25) is 0 Å². The monoisotopic (exact) mass is 378 g/mol. The van der Waals surface area contributed by atoms with E-state index < -0.39 is 24.1 Å². The first-order chi connectivity index (χ1) is 13.3. The number of ether oxygens (including phenoxy) is 2. The van der Waals surface area contributed by atoms with E-state index in [1.165, 1.54) is 0 Å². The average molecular weight is 378 g/mol. The number of aromatic nitrogens is 2. The highest BCUT2D eigenvalue weighted by Gasteiger charge is 2.22. The molecule has 0 aliphatic carbocycles. The summed E-state index contributed by atoms with van der Waals surface area (Å²) in [5.41, 5.74) is 1.71. The Morgan fingerprint density at radius 1 is 0.964 bits per heavy atom. The number of rotatable bonds is 5. The molecule has 2 aromatic carbocycles. The third-order valence-corrected chi connectivity index (χ3v) is 3.74. The fourth-order valence-corrected chi connectivity index (χ4v) is 2.62. The Hall–Kier alpha value is -3.41. The molecule has 6 nitrogen and oxygen atoms in total. The molecule has 0 atom stereocenters. The Labute approximate surface area is 163 Å². The maximum atomic E-state index is 12.7. The average Bonchev–Trinajstić information content (AvgIpc) is 3.12. The van der Waals surface area contributed by atoms with Gasteiger partial charge in [0.2, 0.25) is 0 Å². The summed E-state index contributed by atoms with van der Waals surface area (Å²) >= 11 is 0. The predicted octanol–water partition coefficient (Wildman–Crippen LogP) is 4.04. The lowest BCUT2D eigenvalue weighted by molar-refractivity contribution is -0.158. The number of carbonyl (C=O) groups is 2. The van der Waals surface area contributed by atoms with Gasteiger partial charge >= 0.3 is 11.9 Å². The van der Waals surface area contributed by atoms with E-state index in [4.69, 9.17) is 9.47 Å². The fourth-order valence-electron chi connectivity index (χ4n) is 2.62. The highest BCUT2D eigenvalue weighted by Crippen LogP contribution is 2.24. The first kappa shape index (κ1) is 19.4. The Kier molecular flexibility index (Phi) is 5.59. The lowest BCUT2D eigenvalue weighted by atomic mass is 10.1. The molecule has 0 radical (unpaired) electrons. The molecule has 0 N–H and O–H groups in total. The zero-order valence-corrected chi connectivity index (χ0v) is 16.1. The Morgan fingerprint density at radius 2 is 1.57 bits per heavy atom. The maximum Gasteiger partial charge on any atom is 0.344 e. The molecule has 6 heteroatoms. The minimum Gasteiger partial charge on any atom is -0.457 e. The quantitative estimate of drug-likeness (QED) is 0.627. The number of hydrogen-bond donors (Lipinski definition) is 0. The van der Waals surface area contributed by atoms with Gasteiger partial charge in [0.15, 0.2) is 6.61 Å². The molecule has 0 saturated carbocycles. The van der Waals surface area contributed by atoms with Gasteiger partial charge in [0.25, 0.3) is 0 Å². The summed E-state index contributed by atoms with van der Waals surface area (Å²) in [4.78, 5) is 24.5. The first-order valence-electron chi connectivity index (χ1n) is 8.93. The zero-order chi connectivity index (χ0) is 20.1. The van der Waals surface area contributed by atoms with Gasteiger partial charge in [-0.1, -0.05) is 48.5 Å². The van der Waals surface area contributed by atoms with Crippen LogP contribution in [0.1, 0.15) is 31.1 Å². The summed E-state index contributed by atoms with van der Waals surface area (Å²) in [5.74, 6) is -1.23. The van der Waals surface area contributed by atoms with E-state index in [1.807, 2.05) is 60.7 Å². The van der Waals surface area contributed by atoms with Crippen LogP contribution >= 0.6 is 0 Å². The predicted molar refractivity (Wildman–Crippen MR) is 105 cm³/mol. The van der Waals surface area contributed by atoms with Gasteiger partial charge in [-0.3, -0.25) is 0 Å². The van der Waals surface area contributed by atoms with Crippen LogP contribution in [0, 0.1) is 0 Å². The van der Waals surface area contributed by atoms with E-state index in [1.54, 1.807) is 31.6 Å². The second kappa shape index (κ2) is 8.08. The van der Waals surface area contributed by atoms with Gasteiger partial charge < -0.3 is 9.47 Å². The summed E-state index contributed by atoms with van der Waals surface area (Å²) in [6.07, 6.45) is 1.61. The van der Waals surface area contributed by atoms with E-state index in [0.717, 1.165) is 11.3 Å². The molecule has 1 aromatic heterocycles. The van der Waals surface area contributed by atoms with Crippen molar-refractivity contribution in [3.63, 3.8) is 0 Å². The van der Waals surface area contributed by atoms with Crippen LogP contribution in [-0.2, 0) is 14.3 Å². The highest BCUT2D eigenvalue weighted by atomic mass is 16.6. The molecule has 3 aromatic rings. The maximum absolute atomic E-state index is 12.7. The number of hydrogen-bond acceptors (Lipinski definition) is 5. The molecule has 0 aliphatic heterocycles. The van der Waals surface area contributed by atoms with Crippen LogP contribution in [0.5, 0.6) is 0 Å². The smallest absolute Gasteiger partial charge is 0.344 e. The van der Waals surface area contributed by atoms with E-state index in [2.05, 4.69) is 5.10 Å². The minimum atomic E-state index is -0.642. The largest absolute Gasteiger partial charge is 0.457 e. The van der Waals surface area contributed by atoms with Gasteiger partial charge in [0.05, 0.1) is 5.69 Å². The van der Waals surface area contributed by atoms with Crippen molar-refractivity contribution in [3.8, 4) is 16.9 Å². The summed E-state index contributed by atoms with van der Waals surface area (Å²) in [6.45, 7) is 4.80. The Balaban J connectivity index is 1.87. The summed E-state index contributed by atoms with van der Waals surface area (Å²) < 4.78 is 12.0. The van der Waals surface area contributed by atoms with Crippen LogP contribution in [0.4, 0.5) is 0 Å². The van der Waals surface area contributed by atoms with E-state index in [0.29, 0.717) is 5.69 Å². The molecule has 0 amide bonds. The number of esters is 2. The van der Waals surface area contributed by atoms with Crippen molar-refractivity contribution in [2.24, 2.45) is 0 Å². The second-order valence-corrected chi connectivity index (χ2v) is 7.20. The number of nitrogens with zero attached hydrogens (tertiary/aromatic N) is 2. The normalized spacial score (nSPS) is 11.1. The number of benzene rings is 2. The molecule has 0 saturated heterocycles. The molecule has 0 spiro atoms. The number of carbonyl (C=O) groups excluding carboxylic acids is 2. The Bertz CT molecular complexity index is 957. The van der Waals surface area contributed by atoms with E-state index >= 15 is 0 Å². The standard InChI is InChI=1S/C22H22N2O4/c1-22(2,3)28-19(25)15-27-21(26)18-14-24(17-12-8-5-9-13-17)23-20(18)16-10-6-4-7-11-16/h4-14H,15H2,1-3H3. The lowest BCUT2D eigenvalue weighted by Crippen LogP contribution is -2.27. The third kappa shape index (κ3) is 4.85. The van der Waals surface area contributed by atoms with Crippen LogP contribution in [0.15, 0.2) is 66.9 Å². The molecular weight excluding hydrogens is 356 g/mol. The van der Waals surface area contributed by atoms with Gasteiger partial charge in [-0.05, 0) is 32.9 Å². The molecule has 0 bridgehead atoms. The molecule has 0 unspecified atom stereocenters. The topological polar surface area (TPSA) is 70.4 Å². The van der Waals surface area contributed by atoms with Crippen molar-refractivity contribution in [1.29, 1.82) is 0 Å². The van der Waals surface area contributed by atoms with E-state index in [-0.39, 0.29) is 5.56 Å². The van der Waals surface area contributed by atoms with Gasteiger partial charge in [-0.25, -0.2) is 14.3 Å². The van der Waals surface area contributed by atoms with Crippen molar-refractivity contribution in [3.05, 3.63) is 72.4 Å². The van der Waals surface area contributed by atoms with Crippen molar-refractivity contribution < 1.29 is 19.1 Å². The molecule has 3 rings (SSSR count). The van der Waals surface area contributed by atoms with Crippen molar-refractivity contribution in [2.45, 2.75) is 26.4 Å². The molecule has 0 aliphatic rings. The van der Waals surface area contributed by atoms with Crippen LogP contribution < -0.4 is 0 Å². The molecule has 0 fully saturated rings. The van der Waals surface area contributed by atoms with Crippen molar-refractivity contribution >= 4 is 11.9 Å². The van der Waals surface area contributed by atoms with Crippen molar-refractivity contribution in [2.75, 3.05) is 6.61 Å². The molecule has 144 valence electrons. The first-order valence-corrected chi connectivity index (χ1v) is 8.93. The van der Waals surface area contributed by atoms with Crippen LogP contribution in [0.3, 0.4) is 0 Å². The van der Waals surface area contributed by atoms with Crippen LogP contribution in [0.25, 0.3) is 16.9 Å². The number of para-hydroxylation sites is 1. The van der Waals surface area contributed by atoms with Gasteiger partial charge in [0.1, 0.15) is 16.9 Å².